The van der Waals surface area contributed by atoms with Gasteiger partial charge < -0.3 is 14.2 Å². The minimum absolute atomic E-state index is 0.136. The number of benzene rings is 1. The van der Waals surface area contributed by atoms with E-state index in [0.29, 0.717) is 11.4 Å². The van der Waals surface area contributed by atoms with E-state index in [1.54, 1.807) is 10.8 Å². The van der Waals surface area contributed by atoms with Crippen molar-refractivity contribution in [1.29, 1.82) is 0 Å². The van der Waals surface area contributed by atoms with Crippen LogP contribution in [0.1, 0.15) is 5.56 Å². The van der Waals surface area contributed by atoms with E-state index in [4.69, 9.17) is 4.74 Å². The average molecular weight is 376 g/mol. The first-order valence-corrected chi connectivity index (χ1v) is 9.32. The number of ether oxygens (including phenoxy) is 1. The second-order valence-corrected chi connectivity index (χ2v) is 6.72. The third kappa shape index (κ3) is 3.99. The molecule has 26 heavy (non-hydrogen) atoms. The highest BCUT2D eigenvalue weighted by Gasteiger charge is 2.16. The van der Waals surface area contributed by atoms with E-state index in [9.17, 15) is 13.6 Å². The quantitative estimate of drug-likeness (QED) is 0.788. The van der Waals surface area contributed by atoms with Gasteiger partial charge in [-0.15, -0.1) is 11.8 Å². The van der Waals surface area contributed by atoms with Crippen LogP contribution in [-0.2, 0) is 5.88 Å². The summed E-state index contributed by atoms with van der Waals surface area (Å²) in [4.78, 5) is 14.3. The Morgan fingerprint density at radius 2 is 2.04 bits per heavy atom. The van der Waals surface area contributed by atoms with Gasteiger partial charge in [0, 0.05) is 49.3 Å². The zero-order valence-corrected chi connectivity index (χ0v) is 15.2. The first-order chi connectivity index (χ1) is 12.5. The maximum atomic E-state index is 14.0. The third-order valence-electron chi connectivity index (χ3n) is 3.83. The summed E-state index contributed by atoms with van der Waals surface area (Å²) in [5.41, 5.74) is 1.24. The molecule has 0 saturated heterocycles. The van der Waals surface area contributed by atoms with Crippen LogP contribution in [0.4, 0.5) is 8.78 Å². The number of aromatic nitrogens is 1. The van der Waals surface area contributed by atoms with Gasteiger partial charge in [0.15, 0.2) is 11.6 Å². The van der Waals surface area contributed by atoms with Crippen molar-refractivity contribution in [3.63, 3.8) is 0 Å². The zero-order valence-electron chi connectivity index (χ0n) is 14.4. The molecular formula is C19H18F2N2O2S. The lowest BCUT2D eigenvalue weighted by molar-refractivity contribution is 0.434. The van der Waals surface area contributed by atoms with E-state index in [-0.39, 0.29) is 17.1 Å². The minimum atomic E-state index is -0.825. The van der Waals surface area contributed by atoms with Crippen molar-refractivity contribution < 1.29 is 13.5 Å². The van der Waals surface area contributed by atoms with Gasteiger partial charge in [0.2, 0.25) is 0 Å². The van der Waals surface area contributed by atoms with Gasteiger partial charge in [-0.1, -0.05) is 12.2 Å². The van der Waals surface area contributed by atoms with Crippen molar-refractivity contribution in [1.82, 2.24) is 9.47 Å². The standard InChI is InChI=1S/C19H18F2N2O2S/c1-22-7-3-4-13(10-22)15-11-23(12-26-2)19(24)9-18(15)25-17-6-5-14(20)8-16(17)21/h3-6,8-11H,7,12H2,1-2H3. The number of hydrogen-bond donors (Lipinski definition) is 0. The fraction of sp³-hybridized carbons (Fsp3) is 0.211. The van der Waals surface area contributed by atoms with Crippen LogP contribution in [0.3, 0.4) is 0 Å². The van der Waals surface area contributed by atoms with Gasteiger partial charge in [0.1, 0.15) is 11.6 Å². The van der Waals surface area contributed by atoms with Crippen LogP contribution in [0.25, 0.3) is 5.57 Å². The summed E-state index contributed by atoms with van der Waals surface area (Å²) >= 11 is 1.51. The number of pyridine rings is 1. The van der Waals surface area contributed by atoms with Gasteiger partial charge in [0.05, 0.1) is 5.88 Å². The highest BCUT2D eigenvalue weighted by atomic mass is 32.2. The smallest absolute Gasteiger partial charge is 0.255 e. The average Bonchev–Trinajstić information content (AvgIpc) is 2.59. The molecule has 7 heteroatoms. The number of nitrogens with zero attached hydrogens (tertiary/aromatic N) is 2. The van der Waals surface area contributed by atoms with Crippen LogP contribution in [0.2, 0.25) is 0 Å². The molecule has 0 bridgehead atoms. The molecule has 1 aliphatic rings. The predicted molar refractivity (Wildman–Crippen MR) is 100 cm³/mol. The van der Waals surface area contributed by atoms with Crippen LogP contribution in [-0.4, -0.2) is 29.3 Å². The molecule has 0 atom stereocenters. The summed E-state index contributed by atoms with van der Waals surface area (Å²) in [6.45, 7) is 0.775. The molecule has 3 rings (SSSR count). The SMILES string of the molecule is CSCn1cc(C2=CN(C)CC=C2)c(Oc2ccc(F)cc2F)cc1=O. The third-order valence-corrected chi connectivity index (χ3v) is 4.37. The molecule has 0 N–H and O–H groups in total. The summed E-state index contributed by atoms with van der Waals surface area (Å²) in [6.07, 6.45) is 9.44. The van der Waals surface area contributed by atoms with Crippen molar-refractivity contribution in [2.24, 2.45) is 0 Å². The Balaban J connectivity index is 2.09. The molecule has 0 radical (unpaired) electrons. The van der Waals surface area contributed by atoms with Gasteiger partial charge in [-0.3, -0.25) is 4.79 Å². The summed E-state index contributed by atoms with van der Waals surface area (Å²) in [6, 6.07) is 4.40. The van der Waals surface area contributed by atoms with Crippen LogP contribution in [0, 0.1) is 11.6 Å². The van der Waals surface area contributed by atoms with Gasteiger partial charge >= 0.3 is 0 Å². The van der Waals surface area contributed by atoms with Crippen LogP contribution in [0.5, 0.6) is 11.5 Å². The van der Waals surface area contributed by atoms with Gasteiger partial charge in [-0.2, -0.15) is 0 Å². The Kier molecular flexibility index (Phi) is 5.46. The highest BCUT2D eigenvalue weighted by molar-refractivity contribution is 7.97. The number of halogens is 2. The Bertz CT molecular complexity index is 938. The molecule has 2 aromatic rings. The van der Waals surface area contributed by atoms with Crippen molar-refractivity contribution in [2.75, 3.05) is 19.8 Å². The lowest BCUT2D eigenvalue weighted by Crippen LogP contribution is -2.20. The van der Waals surface area contributed by atoms with Crippen LogP contribution < -0.4 is 10.3 Å². The molecule has 1 aromatic carbocycles. The van der Waals surface area contributed by atoms with E-state index in [2.05, 4.69) is 0 Å². The number of allylic oxidation sites excluding steroid dienone is 2. The van der Waals surface area contributed by atoms with Crippen molar-refractivity contribution >= 4 is 17.3 Å². The molecule has 0 saturated carbocycles. The summed E-state index contributed by atoms with van der Waals surface area (Å²) < 4.78 is 34.3. The molecule has 4 nitrogen and oxygen atoms in total. The van der Waals surface area contributed by atoms with Gasteiger partial charge in [-0.25, -0.2) is 8.78 Å². The first-order valence-electron chi connectivity index (χ1n) is 7.93. The second-order valence-electron chi connectivity index (χ2n) is 5.88. The minimum Gasteiger partial charge on any atom is -0.453 e. The zero-order chi connectivity index (χ0) is 18.7. The fourth-order valence-corrected chi connectivity index (χ4v) is 3.09. The molecule has 0 spiro atoms. The topological polar surface area (TPSA) is 34.5 Å². The molecular weight excluding hydrogens is 358 g/mol. The molecule has 2 heterocycles. The lowest BCUT2D eigenvalue weighted by atomic mass is 10.1. The Labute approximate surface area is 154 Å². The lowest BCUT2D eigenvalue weighted by Gasteiger charge is -2.20. The Morgan fingerprint density at radius 1 is 1.23 bits per heavy atom. The number of likely N-dealkylation sites (N-methyl/N-ethyl adjacent to an activating group) is 1. The number of hydrogen-bond acceptors (Lipinski definition) is 4. The summed E-state index contributed by atoms with van der Waals surface area (Å²) in [5, 5.41) is 0. The second kappa shape index (κ2) is 7.78. The molecule has 0 amide bonds. The normalized spacial score (nSPS) is 13.7. The van der Waals surface area contributed by atoms with Gasteiger partial charge in [-0.05, 0) is 18.4 Å². The molecule has 1 aromatic heterocycles. The van der Waals surface area contributed by atoms with E-state index in [1.165, 1.54) is 23.9 Å². The molecule has 0 fully saturated rings. The number of thioether (sulfide) groups is 1. The largest absolute Gasteiger partial charge is 0.453 e. The molecule has 0 aliphatic carbocycles. The molecule has 1 aliphatic heterocycles. The van der Waals surface area contributed by atoms with Crippen molar-refractivity contribution in [3.05, 3.63) is 76.4 Å². The van der Waals surface area contributed by atoms with Crippen LogP contribution in [0.15, 0.2) is 53.6 Å². The summed E-state index contributed by atoms with van der Waals surface area (Å²) in [5.74, 6) is -0.934. The summed E-state index contributed by atoms with van der Waals surface area (Å²) in [7, 11) is 1.93. The first kappa shape index (κ1) is 18.3. The predicted octanol–water partition coefficient (Wildman–Crippen LogP) is 4.08. The Morgan fingerprint density at radius 3 is 2.73 bits per heavy atom. The number of rotatable bonds is 5. The van der Waals surface area contributed by atoms with Crippen molar-refractivity contribution in [2.45, 2.75) is 5.88 Å². The molecule has 136 valence electrons. The maximum absolute atomic E-state index is 14.0. The van der Waals surface area contributed by atoms with Gasteiger partial charge in [0.25, 0.3) is 5.56 Å². The van der Waals surface area contributed by atoms with E-state index in [0.717, 1.165) is 24.3 Å². The van der Waals surface area contributed by atoms with Crippen LogP contribution >= 0.6 is 11.8 Å². The van der Waals surface area contributed by atoms with Crippen molar-refractivity contribution in [3.8, 4) is 11.5 Å². The van der Waals surface area contributed by atoms with E-state index < -0.39 is 11.6 Å². The Hall–Kier alpha value is -2.54. The van der Waals surface area contributed by atoms with E-state index in [1.807, 2.05) is 36.6 Å². The van der Waals surface area contributed by atoms with E-state index >= 15 is 0 Å². The molecule has 0 unspecified atom stereocenters. The highest BCUT2D eigenvalue weighted by Crippen LogP contribution is 2.32. The fourth-order valence-electron chi connectivity index (χ4n) is 2.61. The maximum Gasteiger partial charge on any atom is 0.255 e. The monoisotopic (exact) mass is 376 g/mol.